The molecule has 0 saturated heterocycles. The molecule has 4 heteroatoms. The Labute approximate surface area is 185 Å². The fourth-order valence-electron chi connectivity index (χ4n) is 4.07. The molecule has 2 aromatic heterocycles. The number of para-hydroxylation sites is 2. The quantitative estimate of drug-likeness (QED) is 0.311. The van der Waals surface area contributed by atoms with Gasteiger partial charge in [-0.1, -0.05) is 91.0 Å². The number of fused-ring (bicyclic) bond motifs is 3. The topological polar surface area (TPSA) is 51.8 Å². The molecule has 0 fully saturated rings. The largest absolute Gasteiger partial charge is 0.455 e. The maximum absolute atomic E-state index is 6.36. The van der Waals surface area contributed by atoms with Gasteiger partial charge in [0.15, 0.2) is 17.5 Å². The minimum absolute atomic E-state index is 0.597. The first-order valence-corrected chi connectivity index (χ1v) is 10.6. The monoisotopic (exact) mass is 413 g/mol. The third-order valence-corrected chi connectivity index (χ3v) is 5.66. The van der Waals surface area contributed by atoms with Crippen molar-refractivity contribution in [1.82, 2.24) is 15.0 Å². The Morgan fingerprint density at radius 3 is 1.66 bits per heavy atom. The van der Waals surface area contributed by atoms with E-state index < -0.39 is 0 Å². The second kappa shape index (κ2) is 7.43. The van der Waals surface area contributed by atoms with Gasteiger partial charge in [0.2, 0.25) is 0 Å². The van der Waals surface area contributed by atoms with Crippen molar-refractivity contribution in [2.45, 2.75) is 6.92 Å². The van der Waals surface area contributed by atoms with E-state index in [4.69, 9.17) is 19.4 Å². The molecule has 0 atom stereocenters. The Balaban J connectivity index is 1.64. The molecule has 4 nitrogen and oxygen atoms in total. The van der Waals surface area contributed by atoms with Crippen LogP contribution in [0.3, 0.4) is 0 Å². The van der Waals surface area contributed by atoms with Gasteiger partial charge in [-0.05, 0) is 18.6 Å². The average molecular weight is 413 g/mol. The van der Waals surface area contributed by atoms with E-state index in [9.17, 15) is 0 Å². The lowest BCUT2D eigenvalue weighted by atomic mass is 10.1. The molecular weight excluding hydrogens is 394 g/mol. The van der Waals surface area contributed by atoms with Crippen LogP contribution in [0.2, 0.25) is 0 Å². The molecule has 0 aliphatic heterocycles. The third-order valence-electron chi connectivity index (χ3n) is 5.66. The van der Waals surface area contributed by atoms with Gasteiger partial charge in [0.1, 0.15) is 11.2 Å². The minimum atomic E-state index is 0.597. The highest BCUT2D eigenvalue weighted by molar-refractivity contribution is 6.09. The van der Waals surface area contributed by atoms with Gasteiger partial charge < -0.3 is 4.42 Å². The van der Waals surface area contributed by atoms with Gasteiger partial charge in [-0.25, -0.2) is 15.0 Å². The summed E-state index contributed by atoms with van der Waals surface area (Å²) in [5.41, 5.74) is 5.55. The summed E-state index contributed by atoms with van der Waals surface area (Å²) < 4.78 is 6.36. The SMILES string of the molecule is Cc1cccc2c1oc1c(-c3nc(-c4ccccc4)nc(-c4ccccc4)n3)cccc12. The first kappa shape index (κ1) is 18.5. The summed E-state index contributed by atoms with van der Waals surface area (Å²) in [6.07, 6.45) is 0. The van der Waals surface area contributed by atoms with E-state index in [1.165, 1.54) is 0 Å². The normalized spacial score (nSPS) is 11.3. The molecule has 0 saturated carbocycles. The van der Waals surface area contributed by atoms with Gasteiger partial charge in [0.25, 0.3) is 0 Å². The Kier molecular flexibility index (Phi) is 4.29. The summed E-state index contributed by atoms with van der Waals surface area (Å²) in [4.78, 5) is 14.5. The number of rotatable bonds is 3. The van der Waals surface area contributed by atoms with Crippen LogP contribution in [0.1, 0.15) is 5.56 Å². The molecule has 4 aromatic carbocycles. The van der Waals surface area contributed by atoms with Gasteiger partial charge in [-0.3, -0.25) is 0 Å². The molecule has 0 spiro atoms. The first-order chi connectivity index (χ1) is 15.8. The van der Waals surface area contributed by atoms with Crippen molar-refractivity contribution in [3.8, 4) is 34.2 Å². The maximum atomic E-state index is 6.36. The van der Waals surface area contributed by atoms with Gasteiger partial charge in [0, 0.05) is 21.9 Å². The zero-order valence-corrected chi connectivity index (χ0v) is 17.5. The summed E-state index contributed by atoms with van der Waals surface area (Å²) in [7, 11) is 0. The fourth-order valence-corrected chi connectivity index (χ4v) is 4.07. The molecule has 0 bridgehead atoms. The van der Waals surface area contributed by atoms with Crippen molar-refractivity contribution in [2.24, 2.45) is 0 Å². The molecule has 0 aliphatic carbocycles. The maximum Gasteiger partial charge on any atom is 0.167 e. The summed E-state index contributed by atoms with van der Waals surface area (Å²) in [6, 6.07) is 32.3. The van der Waals surface area contributed by atoms with Gasteiger partial charge in [-0.2, -0.15) is 0 Å². The zero-order valence-electron chi connectivity index (χ0n) is 17.5. The Morgan fingerprint density at radius 2 is 1.03 bits per heavy atom. The van der Waals surface area contributed by atoms with Crippen molar-refractivity contribution in [3.63, 3.8) is 0 Å². The highest BCUT2D eigenvalue weighted by atomic mass is 16.3. The first-order valence-electron chi connectivity index (χ1n) is 10.6. The lowest BCUT2D eigenvalue weighted by molar-refractivity contribution is 0.666. The lowest BCUT2D eigenvalue weighted by Gasteiger charge is -2.08. The van der Waals surface area contributed by atoms with E-state index in [1.807, 2.05) is 72.8 Å². The van der Waals surface area contributed by atoms with E-state index >= 15 is 0 Å². The Morgan fingerprint density at radius 1 is 0.500 bits per heavy atom. The van der Waals surface area contributed by atoms with Crippen LogP contribution in [0.25, 0.3) is 56.1 Å². The Bertz CT molecular complexity index is 1510. The van der Waals surface area contributed by atoms with Gasteiger partial charge >= 0.3 is 0 Å². The summed E-state index contributed by atoms with van der Waals surface area (Å²) in [5, 5.41) is 2.16. The molecule has 0 N–H and O–H groups in total. The van der Waals surface area contributed by atoms with Gasteiger partial charge in [-0.15, -0.1) is 0 Å². The molecule has 0 unspecified atom stereocenters. The van der Waals surface area contributed by atoms with Crippen molar-refractivity contribution < 1.29 is 4.42 Å². The summed E-state index contributed by atoms with van der Waals surface area (Å²) >= 11 is 0. The van der Waals surface area contributed by atoms with E-state index in [0.29, 0.717) is 17.5 Å². The fraction of sp³-hybridized carbons (Fsp3) is 0.0357. The average Bonchev–Trinajstić information content (AvgIpc) is 3.25. The molecule has 0 amide bonds. The number of benzene rings is 4. The number of aryl methyl sites for hydroxylation is 1. The van der Waals surface area contributed by atoms with Crippen LogP contribution in [0.15, 0.2) is 101 Å². The highest BCUT2D eigenvalue weighted by Crippen LogP contribution is 2.36. The number of aromatic nitrogens is 3. The molecule has 2 heterocycles. The molecular formula is C28H19N3O. The third kappa shape index (κ3) is 3.05. The van der Waals surface area contributed by atoms with Crippen LogP contribution in [0.4, 0.5) is 0 Å². The molecule has 0 aliphatic rings. The number of nitrogens with zero attached hydrogens (tertiary/aromatic N) is 3. The van der Waals surface area contributed by atoms with E-state index in [-0.39, 0.29) is 0 Å². The van der Waals surface area contributed by atoms with Gasteiger partial charge in [0.05, 0.1) is 5.56 Å². The van der Waals surface area contributed by atoms with Crippen LogP contribution < -0.4 is 0 Å². The van der Waals surface area contributed by atoms with Crippen LogP contribution in [-0.4, -0.2) is 15.0 Å². The number of furan rings is 1. The second-order valence-corrected chi connectivity index (χ2v) is 7.77. The van der Waals surface area contributed by atoms with Crippen molar-refractivity contribution >= 4 is 21.9 Å². The number of hydrogen-bond acceptors (Lipinski definition) is 4. The highest BCUT2D eigenvalue weighted by Gasteiger charge is 2.17. The minimum Gasteiger partial charge on any atom is -0.455 e. The Hall–Kier alpha value is -4.31. The van der Waals surface area contributed by atoms with Crippen LogP contribution >= 0.6 is 0 Å². The summed E-state index contributed by atoms with van der Waals surface area (Å²) in [6.45, 7) is 2.06. The second-order valence-electron chi connectivity index (χ2n) is 7.77. The van der Waals surface area contributed by atoms with Crippen molar-refractivity contribution in [1.29, 1.82) is 0 Å². The van der Waals surface area contributed by atoms with E-state index in [0.717, 1.165) is 44.2 Å². The summed E-state index contributed by atoms with van der Waals surface area (Å²) in [5.74, 6) is 1.87. The molecule has 0 radical (unpaired) electrons. The van der Waals surface area contributed by atoms with Crippen LogP contribution in [0, 0.1) is 6.92 Å². The standard InChI is InChI=1S/C28H19N3O/c1-18-10-8-15-21-22-16-9-17-23(25(22)32-24(18)21)28-30-26(19-11-4-2-5-12-19)29-27(31-28)20-13-6-3-7-14-20/h2-17H,1H3. The molecule has 6 rings (SSSR count). The molecule has 32 heavy (non-hydrogen) atoms. The smallest absolute Gasteiger partial charge is 0.167 e. The number of hydrogen-bond donors (Lipinski definition) is 0. The van der Waals surface area contributed by atoms with Crippen LogP contribution in [0.5, 0.6) is 0 Å². The predicted molar refractivity (Wildman–Crippen MR) is 128 cm³/mol. The predicted octanol–water partition coefficient (Wildman–Crippen LogP) is 7.08. The van der Waals surface area contributed by atoms with E-state index in [1.54, 1.807) is 0 Å². The molecule has 6 aromatic rings. The lowest BCUT2D eigenvalue weighted by Crippen LogP contribution is -2.00. The van der Waals surface area contributed by atoms with Crippen LogP contribution in [-0.2, 0) is 0 Å². The zero-order chi connectivity index (χ0) is 21.5. The van der Waals surface area contributed by atoms with Crippen molar-refractivity contribution in [2.75, 3.05) is 0 Å². The van der Waals surface area contributed by atoms with Crippen molar-refractivity contribution in [3.05, 3.63) is 103 Å². The molecule has 152 valence electrons. The van der Waals surface area contributed by atoms with E-state index in [2.05, 4.69) is 31.2 Å².